The number of aryl methyl sites for hydroxylation is 9. The Balaban J connectivity index is 0.000000198. The van der Waals surface area contributed by atoms with Gasteiger partial charge in [0.25, 0.3) is 5.56 Å². The van der Waals surface area contributed by atoms with Crippen LogP contribution in [0.4, 0.5) is 34.1 Å². The van der Waals surface area contributed by atoms with E-state index in [2.05, 4.69) is 75.2 Å². The van der Waals surface area contributed by atoms with Crippen LogP contribution in [0.3, 0.4) is 0 Å². The maximum absolute atomic E-state index is 13.2. The summed E-state index contributed by atoms with van der Waals surface area (Å²) in [4.78, 5) is 87.2. The number of nitrogens with zero attached hydrogens (tertiary/aromatic N) is 7. The van der Waals surface area contributed by atoms with E-state index in [0.29, 0.717) is 59.3 Å². The van der Waals surface area contributed by atoms with Crippen LogP contribution in [0, 0.1) is 88.9 Å². The van der Waals surface area contributed by atoms with E-state index in [1.54, 1.807) is 107 Å². The number of ether oxygens (including phenoxy) is 2. The zero-order chi connectivity index (χ0) is 82.0. The third-order valence-corrected chi connectivity index (χ3v) is 18.3. The predicted molar refractivity (Wildman–Crippen MR) is 426 cm³/mol. The molecule has 0 radical (unpaired) electrons. The number of fused-ring (bicyclic) bond motifs is 1. The van der Waals surface area contributed by atoms with Crippen LogP contribution in [0.1, 0.15) is 94.1 Å². The molecule has 29 nitrogen and oxygen atoms in total. The monoisotopic (exact) mass is 1700 g/mol. The highest BCUT2D eigenvalue weighted by atomic mass is 79.9. The van der Waals surface area contributed by atoms with Gasteiger partial charge in [-0.15, -0.1) is 10.2 Å². The summed E-state index contributed by atoms with van der Waals surface area (Å²) in [7, 11) is 2.75. The molecular formula is C79H71Br3N8O21. The Bertz CT molecular complexity index is 5530. The van der Waals surface area contributed by atoms with Gasteiger partial charge >= 0.3 is 40.7 Å². The summed E-state index contributed by atoms with van der Waals surface area (Å²) in [5.74, 6) is -3.48. The largest absolute Gasteiger partial charge is 0.507 e. The molecule has 12 rings (SSSR count). The van der Waals surface area contributed by atoms with E-state index in [9.17, 15) is 80.1 Å². The molecule has 111 heavy (non-hydrogen) atoms. The van der Waals surface area contributed by atoms with Gasteiger partial charge in [-0.3, -0.25) is 50.4 Å². The highest BCUT2D eigenvalue weighted by Crippen LogP contribution is 2.43. The standard InChI is InChI=1S/C28H26N4O4.C15H13NO5.C14H11NO5.C8H8BrNO3.C7H6BrNO3.C7H7BrO/c1-16-12-23(20-8-5-9-21(14-20)28(35)36)26(33)24(13-16)29-30-25-17(2)31-32(27(25)34)22-11-10-18-6-3-4-7-19(18)15-22;1-9-6-12(14(21-2)13(7-9)16(19)20)10-4-3-5-11(8-10)15(17)18;1-8-5-11(13(16)12(6-8)15(19)20)9-3-2-4-10(7-9)14(17)18;1-5-3-6(9)8(13-2)7(4-5)10(11)12;1-4-2-5(8)7(10)6(3-4)9(11)12;1-5-2-3-7(9)6(8)4-5/h5,8-15,31,33H,3-4,6-7H2,1-2H3,(H,35,36);3-8H,1-2H3,(H,17,18);2-7,16H,1H3,(H,17,18);3-4H,1-2H3;2-3,10H,1H3;2-4,9H,1H3. The van der Waals surface area contributed by atoms with E-state index in [-0.39, 0.29) is 79.2 Å². The van der Waals surface area contributed by atoms with Crippen molar-refractivity contribution in [2.24, 2.45) is 10.2 Å². The van der Waals surface area contributed by atoms with Gasteiger partial charge in [0.05, 0.1) is 75.4 Å². The molecule has 1 aromatic heterocycles. The molecule has 0 saturated heterocycles. The summed E-state index contributed by atoms with van der Waals surface area (Å²) in [6, 6.07) is 45.4. The number of nitro benzene ring substituents is 4. The maximum Gasteiger partial charge on any atom is 0.335 e. The first-order valence-electron chi connectivity index (χ1n) is 33.0. The molecule has 0 bridgehead atoms. The van der Waals surface area contributed by atoms with Crippen LogP contribution in [0.5, 0.6) is 34.5 Å². The number of nitrogens with one attached hydrogen (secondary N) is 1. The number of halogens is 3. The third-order valence-electron chi connectivity index (χ3n) is 16.5. The predicted octanol–water partition coefficient (Wildman–Crippen LogP) is 19.9. The highest BCUT2D eigenvalue weighted by molar-refractivity contribution is 9.11. The number of rotatable bonds is 15. The van der Waals surface area contributed by atoms with E-state index in [4.69, 9.17) is 24.8 Å². The molecule has 0 unspecified atom stereocenters. The molecule has 0 amide bonds. The number of carboxylic acids is 3. The summed E-state index contributed by atoms with van der Waals surface area (Å²) < 4.78 is 13.2. The van der Waals surface area contributed by atoms with Crippen LogP contribution in [-0.4, -0.2) is 97.3 Å². The molecule has 0 saturated carbocycles. The number of methoxy groups -OCH3 is 2. The molecule has 574 valence electrons. The van der Waals surface area contributed by atoms with Crippen molar-refractivity contribution in [1.29, 1.82) is 0 Å². The van der Waals surface area contributed by atoms with E-state index in [0.717, 1.165) is 51.7 Å². The Labute approximate surface area is 658 Å². The van der Waals surface area contributed by atoms with Crippen LogP contribution in [-0.2, 0) is 12.8 Å². The fraction of sp³-hybridized carbons (Fsp3) is 0.165. The zero-order valence-electron chi connectivity index (χ0n) is 60.6. The van der Waals surface area contributed by atoms with Crippen molar-refractivity contribution in [3.05, 3.63) is 301 Å². The van der Waals surface area contributed by atoms with Gasteiger partial charge in [-0.25, -0.2) is 19.1 Å². The molecule has 1 heterocycles. The third kappa shape index (κ3) is 22.1. The second-order valence-electron chi connectivity index (χ2n) is 24.9. The van der Waals surface area contributed by atoms with Crippen molar-refractivity contribution in [3.8, 4) is 73.6 Å². The van der Waals surface area contributed by atoms with Gasteiger partial charge in [0.1, 0.15) is 11.4 Å². The number of carboxylic acid groups (broad SMARTS) is 3. The fourth-order valence-corrected chi connectivity index (χ4v) is 13.1. The number of aromatic hydroxyl groups is 4. The van der Waals surface area contributed by atoms with Gasteiger partial charge in [0.15, 0.2) is 11.4 Å². The van der Waals surface area contributed by atoms with Gasteiger partial charge in [-0.2, -0.15) is 0 Å². The topological polar surface area (TPSA) is 446 Å². The van der Waals surface area contributed by atoms with Gasteiger partial charge in [-0.1, -0.05) is 48.5 Å². The Morgan fingerprint density at radius 1 is 0.441 bits per heavy atom. The lowest BCUT2D eigenvalue weighted by molar-refractivity contribution is -0.386. The Kier molecular flexibility index (Phi) is 29.4. The normalized spacial score (nSPS) is 11.0. The number of hydrogen-bond acceptors (Lipinski definition) is 20. The SMILES string of the molecule is COc1c(-c2cccc(C(=O)O)c2)cc(C)cc1[N+](=O)[O-].COc1c(Br)cc(C)cc1[N+](=O)[O-].Cc1cc(-c2cccc(C(=O)O)c2)c(O)c([N+](=O)[O-])c1.Cc1cc(Br)c(O)c([N+](=O)[O-])c1.Cc1cc(N=Nc2c(C)[nH]n(-c3ccc4c(c3)CCCC4)c2=O)c(O)c(-c2cccc(C(=O)O)c2)c1.Cc1ccc(O)c(Br)c1. The molecule has 0 fully saturated rings. The van der Waals surface area contributed by atoms with Crippen LogP contribution < -0.4 is 15.0 Å². The first kappa shape index (κ1) is 85.3. The second kappa shape index (κ2) is 38.2. The van der Waals surface area contributed by atoms with Crippen molar-refractivity contribution in [3.63, 3.8) is 0 Å². The van der Waals surface area contributed by atoms with Crippen molar-refractivity contribution >= 4 is 99.8 Å². The maximum atomic E-state index is 13.2. The number of phenols is 4. The van der Waals surface area contributed by atoms with Gasteiger partial charge in [0.2, 0.25) is 23.0 Å². The number of aromatic carboxylic acids is 3. The summed E-state index contributed by atoms with van der Waals surface area (Å²) >= 11 is 9.40. The average Bonchev–Trinajstić information content (AvgIpc) is 1.75. The Morgan fingerprint density at radius 3 is 1.32 bits per heavy atom. The Hall–Kier alpha value is -12.9. The minimum absolute atomic E-state index is 0.0191. The van der Waals surface area contributed by atoms with Gasteiger partial charge < -0.3 is 45.2 Å². The van der Waals surface area contributed by atoms with E-state index in [1.807, 2.05) is 32.0 Å². The van der Waals surface area contributed by atoms with Crippen molar-refractivity contribution in [1.82, 2.24) is 9.78 Å². The lowest BCUT2D eigenvalue weighted by atomic mass is 9.91. The molecule has 1 aliphatic rings. The molecule has 0 spiro atoms. The van der Waals surface area contributed by atoms with Crippen molar-refractivity contribution in [2.45, 2.75) is 74.1 Å². The average molecular weight is 1710 g/mol. The fourth-order valence-electron chi connectivity index (χ4n) is 11.3. The highest BCUT2D eigenvalue weighted by Gasteiger charge is 2.25. The molecule has 0 atom stereocenters. The minimum Gasteiger partial charge on any atom is -0.507 e. The number of hydrogen-bond donors (Lipinski definition) is 8. The number of aromatic nitrogens is 2. The Morgan fingerprint density at radius 2 is 0.856 bits per heavy atom. The first-order valence-corrected chi connectivity index (χ1v) is 35.4. The van der Waals surface area contributed by atoms with Crippen LogP contribution >= 0.6 is 47.8 Å². The van der Waals surface area contributed by atoms with E-state index >= 15 is 0 Å². The summed E-state index contributed by atoms with van der Waals surface area (Å²) in [5.41, 5.74) is 10.8. The quantitative estimate of drug-likeness (QED) is 0.0268. The first-order chi connectivity index (χ1) is 52.4. The minimum atomic E-state index is -1.10. The molecule has 32 heteroatoms. The number of nitro groups is 4. The van der Waals surface area contributed by atoms with Crippen LogP contribution in [0.15, 0.2) is 198 Å². The molecule has 1 aliphatic carbocycles. The molecular weight excluding hydrogens is 1640 g/mol. The van der Waals surface area contributed by atoms with Crippen molar-refractivity contribution < 1.29 is 79.3 Å². The summed E-state index contributed by atoms with van der Waals surface area (Å²) in [6.45, 7) is 12.5. The molecule has 8 N–H and O–H groups in total. The zero-order valence-corrected chi connectivity index (χ0v) is 65.4. The number of phenolic OH excluding ortho intramolecular Hbond substituents is 4. The van der Waals surface area contributed by atoms with Gasteiger partial charge in [-0.05, 0) is 280 Å². The van der Waals surface area contributed by atoms with Crippen LogP contribution in [0.25, 0.3) is 39.1 Å². The number of azo groups is 1. The number of H-pyrrole nitrogens is 1. The number of aromatic amines is 1. The number of carbonyl (C=O) groups is 3. The molecule has 0 aliphatic heterocycles. The summed E-state index contributed by atoms with van der Waals surface area (Å²) in [5, 5.41) is 121. The molecule has 11 aromatic rings. The smallest absolute Gasteiger partial charge is 0.335 e. The van der Waals surface area contributed by atoms with Crippen molar-refractivity contribution in [2.75, 3.05) is 14.2 Å². The van der Waals surface area contributed by atoms with Gasteiger partial charge in [0, 0.05) is 41.0 Å². The molecule has 10 aromatic carbocycles. The lowest BCUT2D eigenvalue weighted by Crippen LogP contribution is -2.15. The number of benzene rings is 10. The van der Waals surface area contributed by atoms with Crippen LogP contribution in [0.2, 0.25) is 0 Å². The second-order valence-corrected chi connectivity index (χ2v) is 27.4. The lowest BCUT2D eigenvalue weighted by Gasteiger charge is -2.16. The summed E-state index contributed by atoms with van der Waals surface area (Å²) in [6.07, 6.45) is 4.42. The van der Waals surface area contributed by atoms with E-state index < -0.39 is 49.0 Å². The van der Waals surface area contributed by atoms with E-state index in [1.165, 1.54) is 103 Å².